The molecule has 0 aliphatic heterocycles. The highest BCUT2D eigenvalue weighted by atomic mass is 31.2. The molecule has 0 saturated carbocycles. The maximum absolute atomic E-state index is 12.7. The van der Waals surface area contributed by atoms with E-state index in [0.29, 0.717) is 23.9 Å². The summed E-state index contributed by atoms with van der Waals surface area (Å²) in [7, 11) is 1.62. The topological polar surface area (TPSA) is 105 Å². The van der Waals surface area contributed by atoms with E-state index in [1.54, 1.807) is 0 Å². The van der Waals surface area contributed by atoms with Crippen molar-refractivity contribution in [3.63, 3.8) is 0 Å². The van der Waals surface area contributed by atoms with E-state index >= 15 is 0 Å². The minimum absolute atomic E-state index is 0.0765. The summed E-state index contributed by atoms with van der Waals surface area (Å²) in [4.78, 5) is 22.9. The second-order valence-corrected chi connectivity index (χ2v) is 21.1. The zero-order valence-electron chi connectivity index (χ0n) is 41.0. The third kappa shape index (κ3) is 45.5. The standard InChI is InChI=1S/C51H105N2O6P/c1-6-8-10-11-12-13-14-15-16-17-18-19-20-21-22-23-24-25-26-27-28-29-30-31-32-33-34-35-36-37-38-39-40-41-43-45-51(55)52-49(50(54)44-42-9-7-2)48-59-60(56,57)58-47-46-53(3,4)5/h49-50,54H,6-48H2,1-5H3,(H-,52,55,56,57)/p+1. The molecular weight excluding hydrogens is 768 g/mol. The Morgan fingerprint density at radius 1 is 0.500 bits per heavy atom. The van der Waals surface area contributed by atoms with Crippen molar-refractivity contribution in [3.8, 4) is 0 Å². The molecule has 3 N–H and O–H groups in total. The molecule has 0 aliphatic carbocycles. The number of quaternary nitrogens is 1. The summed E-state index contributed by atoms with van der Waals surface area (Å²) in [5.74, 6) is -0.150. The van der Waals surface area contributed by atoms with E-state index in [2.05, 4.69) is 19.2 Å². The first-order valence-corrected chi connectivity index (χ1v) is 27.9. The van der Waals surface area contributed by atoms with E-state index in [0.717, 1.165) is 38.5 Å². The number of carbonyl (C=O) groups excluding carboxylic acids is 1. The predicted octanol–water partition coefficient (Wildman–Crippen LogP) is 15.3. The zero-order chi connectivity index (χ0) is 44.3. The normalized spacial score (nSPS) is 14.1. The van der Waals surface area contributed by atoms with Gasteiger partial charge in [-0.1, -0.05) is 251 Å². The van der Waals surface area contributed by atoms with Gasteiger partial charge in [0.25, 0.3) is 0 Å². The molecule has 0 aromatic heterocycles. The van der Waals surface area contributed by atoms with Gasteiger partial charge in [-0.3, -0.25) is 13.8 Å². The molecule has 9 heteroatoms. The minimum atomic E-state index is -4.29. The molecule has 0 radical (unpaired) electrons. The predicted molar refractivity (Wildman–Crippen MR) is 259 cm³/mol. The summed E-state index contributed by atoms with van der Waals surface area (Å²) in [6.45, 7) is 4.75. The Morgan fingerprint density at radius 2 is 0.800 bits per heavy atom. The van der Waals surface area contributed by atoms with Crippen LogP contribution in [-0.2, 0) is 18.4 Å². The van der Waals surface area contributed by atoms with Gasteiger partial charge in [-0.15, -0.1) is 0 Å². The lowest BCUT2D eigenvalue weighted by Crippen LogP contribution is -2.46. The smallest absolute Gasteiger partial charge is 0.391 e. The second-order valence-electron chi connectivity index (χ2n) is 19.6. The molecule has 360 valence electrons. The molecule has 0 heterocycles. The Labute approximate surface area is 374 Å². The number of likely N-dealkylation sites (N-methyl/N-ethyl adjacent to an activating group) is 1. The Bertz CT molecular complexity index is 947. The second kappa shape index (κ2) is 43.7. The van der Waals surface area contributed by atoms with Crippen molar-refractivity contribution >= 4 is 13.7 Å². The molecule has 0 aromatic carbocycles. The van der Waals surface area contributed by atoms with Crippen LogP contribution in [0.4, 0.5) is 0 Å². The molecule has 0 rings (SSSR count). The molecule has 3 atom stereocenters. The van der Waals surface area contributed by atoms with E-state index in [9.17, 15) is 19.4 Å². The summed E-state index contributed by atoms with van der Waals surface area (Å²) in [6, 6.07) is -0.750. The van der Waals surface area contributed by atoms with Crippen LogP contribution in [0.2, 0.25) is 0 Å². The van der Waals surface area contributed by atoms with Crippen LogP contribution < -0.4 is 5.32 Å². The number of nitrogens with one attached hydrogen (secondary N) is 1. The van der Waals surface area contributed by atoms with Crippen LogP contribution in [0, 0.1) is 0 Å². The van der Waals surface area contributed by atoms with Crippen molar-refractivity contribution in [2.45, 2.75) is 283 Å². The van der Waals surface area contributed by atoms with Crippen molar-refractivity contribution in [1.82, 2.24) is 5.32 Å². The van der Waals surface area contributed by atoms with E-state index < -0.39 is 20.0 Å². The highest BCUT2D eigenvalue weighted by Crippen LogP contribution is 2.43. The quantitative estimate of drug-likeness (QED) is 0.0319. The van der Waals surface area contributed by atoms with E-state index in [4.69, 9.17) is 9.05 Å². The van der Waals surface area contributed by atoms with Crippen molar-refractivity contribution in [2.24, 2.45) is 0 Å². The molecule has 0 fully saturated rings. The summed E-state index contributed by atoms with van der Waals surface area (Å²) >= 11 is 0. The number of nitrogens with zero attached hydrogens (tertiary/aromatic N) is 1. The van der Waals surface area contributed by atoms with E-state index in [1.807, 2.05) is 21.1 Å². The van der Waals surface area contributed by atoms with Gasteiger partial charge >= 0.3 is 7.82 Å². The van der Waals surface area contributed by atoms with Crippen LogP contribution in [0.1, 0.15) is 271 Å². The van der Waals surface area contributed by atoms with Gasteiger partial charge < -0.3 is 19.8 Å². The van der Waals surface area contributed by atoms with Crippen LogP contribution in [0.25, 0.3) is 0 Å². The monoisotopic (exact) mass is 874 g/mol. The van der Waals surface area contributed by atoms with Gasteiger partial charge in [0.15, 0.2) is 0 Å². The van der Waals surface area contributed by atoms with Crippen molar-refractivity contribution in [1.29, 1.82) is 0 Å². The number of hydrogen-bond donors (Lipinski definition) is 3. The van der Waals surface area contributed by atoms with E-state index in [1.165, 1.54) is 205 Å². The number of rotatable bonds is 49. The molecule has 0 spiro atoms. The fourth-order valence-corrected chi connectivity index (χ4v) is 8.90. The lowest BCUT2D eigenvalue weighted by atomic mass is 10.0. The number of unbranched alkanes of at least 4 members (excludes halogenated alkanes) is 36. The molecule has 0 saturated heterocycles. The third-order valence-corrected chi connectivity index (χ3v) is 13.3. The van der Waals surface area contributed by atoms with Gasteiger partial charge in [0, 0.05) is 6.42 Å². The lowest BCUT2D eigenvalue weighted by molar-refractivity contribution is -0.870. The number of aliphatic hydroxyl groups excluding tert-OH is 1. The van der Waals surface area contributed by atoms with Gasteiger partial charge in [-0.05, 0) is 12.8 Å². The maximum atomic E-state index is 12.7. The number of hydrogen-bond acceptors (Lipinski definition) is 5. The molecule has 1 amide bonds. The van der Waals surface area contributed by atoms with Gasteiger partial charge in [0.05, 0.1) is 39.9 Å². The van der Waals surface area contributed by atoms with Crippen LogP contribution >= 0.6 is 7.82 Å². The molecule has 60 heavy (non-hydrogen) atoms. The average molecular weight is 874 g/mol. The Hall–Kier alpha value is -0.500. The Morgan fingerprint density at radius 3 is 1.12 bits per heavy atom. The highest BCUT2D eigenvalue weighted by Gasteiger charge is 2.28. The number of amides is 1. The van der Waals surface area contributed by atoms with Crippen LogP contribution in [0.5, 0.6) is 0 Å². The number of phosphoric acid groups is 1. The number of phosphoric ester groups is 1. The number of carbonyl (C=O) groups is 1. The Kier molecular flexibility index (Phi) is 43.4. The van der Waals surface area contributed by atoms with Gasteiger partial charge in [-0.25, -0.2) is 4.57 Å². The molecule has 0 aliphatic rings. The molecule has 8 nitrogen and oxygen atoms in total. The highest BCUT2D eigenvalue weighted by molar-refractivity contribution is 7.47. The Balaban J connectivity index is 3.60. The first-order chi connectivity index (χ1) is 29.0. The van der Waals surface area contributed by atoms with Gasteiger partial charge in [0.2, 0.25) is 5.91 Å². The molecule has 0 bridgehead atoms. The first kappa shape index (κ1) is 59.5. The SMILES string of the molecule is CCCCCCCCCCCCCCCCCCCCCCCCCCCCCCCCCCCCCC(=O)NC(COP(=O)(O)OCC[N+](C)(C)C)C(O)CCCCC. The van der Waals surface area contributed by atoms with E-state index in [-0.39, 0.29) is 19.1 Å². The largest absolute Gasteiger partial charge is 0.472 e. The summed E-state index contributed by atoms with van der Waals surface area (Å²) < 4.78 is 23.3. The average Bonchev–Trinajstić information content (AvgIpc) is 3.20. The summed E-state index contributed by atoms with van der Waals surface area (Å²) in [5.41, 5.74) is 0. The summed E-state index contributed by atoms with van der Waals surface area (Å²) in [5, 5.41) is 13.6. The molecule has 0 aromatic rings. The summed E-state index contributed by atoms with van der Waals surface area (Å²) in [6.07, 6.45) is 51.3. The van der Waals surface area contributed by atoms with Gasteiger partial charge in [0.1, 0.15) is 13.2 Å². The van der Waals surface area contributed by atoms with Crippen LogP contribution in [0.15, 0.2) is 0 Å². The van der Waals surface area contributed by atoms with Crippen molar-refractivity contribution in [3.05, 3.63) is 0 Å². The molecule has 3 unspecified atom stereocenters. The fourth-order valence-electron chi connectivity index (χ4n) is 8.17. The minimum Gasteiger partial charge on any atom is -0.391 e. The van der Waals surface area contributed by atoms with Crippen molar-refractivity contribution < 1.29 is 32.9 Å². The number of aliphatic hydroxyl groups is 1. The maximum Gasteiger partial charge on any atom is 0.472 e. The lowest BCUT2D eigenvalue weighted by Gasteiger charge is -2.26. The van der Waals surface area contributed by atoms with Crippen LogP contribution in [0.3, 0.4) is 0 Å². The molecular formula is C51H106N2O6P+. The third-order valence-electron chi connectivity index (χ3n) is 12.4. The van der Waals surface area contributed by atoms with Gasteiger partial charge in [-0.2, -0.15) is 0 Å². The van der Waals surface area contributed by atoms with Crippen LogP contribution in [-0.4, -0.2) is 73.4 Å². The first-order valence-electron chi connectivity index (χ1n) is 26.4. The fraction of sp³-hybridized carbons (Fsp3) is 0.980. The van der Waals surface area contributed by atoms with Crippen molar-refractivity contribution in [2.75, 3.05) is 40.9 Å². The zero-order valence-corrected chi connectivity index (χ0v) is 41.9.